The fourth-order valence-electron chi connectivity index (χ4n) is 2.09. The van der Waals surface area contributed by atoms with Crippen LogP contribution in [0.2, 0.25) is 0 Å². The lowest BCUT2D eigenvalue weighted by Gasteiger charge is -2.27. The Bertz CT molecular complexity index is 470. The first-order chi connectivity index (χ1) is 9.25. The predicted octanol–water partition coefficient (Wildman–Crippen LogP) is 0.997. The van der Waals surface area contributed by atoms with E-state index in [4.69, 9.17) is 0 Å². The molecule has 5 nitrogen and oxygen atoms in total. The lowest BCUT2D eigenvalue weighted by molar-refractivity contribution is 0.0325. The molecular weight excluding hydrogens is 256 g/mol. The minimum atomic E-state index is -1.02. The van der Waals surface area contributed by atoms with Gasteiger partial charge in [0.15, 0.2) is 0 Å². The van der Waals surface area contributed by atoms with Gasteiger partial charge in [-0.25, -0.2) is 0 Å². The number of hydrogen-bond donors (Lipinski definition) is 3. The molecule has 0 aliphatic rings. The maximum atomic E-state index is 12.1. The standard InChI is InChI=1S/C15H24N2O3/c1-5-11-6-7-13(18)12(8-11)14(19)16-9-15(2,20)10-17(3)4/h6-8,18,20H,5,9-10H2,1-4H3,(H,16,19). The summed E-state index contributed by atoms with van der Waals surface area (Å²) in [6, 6.07) is 4.98. The molecule has 3 N–H and O–H groups in total. The molecule has 20 heavy (non-hydrogen) atoms. The van der Waals surface area contributed by atoms with E-state index >= 15 is 0 Å². The van der Waals surface area contributed by atoms with Gasteiger partial charge in [0.1, 0.15) is 5.75 Å². The van der Waals surface area contributed by atoms with Gasteiger partial charge < -0.3 is 20.4 Å². The second-order valence-corrected chi connectivity index (χ2v) is 5.62. The highest BCUT2D eigenvalue weighted by molar-refractivity contribution is 5.97. The number of carbonyl (C=O) groups excluding carboxylic acids is 1. The molecule has 0 spiro atoms. The van der Waals surface area contributed by atoms with Crippen LogP contribution in [0.1, 0.15) is 29.8 Å². The number of phenols is 1. The molecule has 0 heterocycles. The first-order valence-electron chi connectivity index (χ1n) is 6.72. The fourth-order valence-corrected chi connectivity index (χ4v) is 2.09. The highest BCUT2D eigenvalue weighted by atomic mass is 16.3. The number of likely N-dealkylation sites (N-methyl/N-ethyl adjacent to an activating group) is 1. The second kappa shape index (κ2) is 6.72. The van der Waals surface area contributed by atoms with Crippen molar-refractivity contribution in [3.05, 3.63) is 29.3 Å². The van der Waals surface area contributed by atoms with Gasteiger partial charge in [0.2, 0.25) is 0 Å². The molecule has 5 heteroatoms. The molecule has 1 aromatic rings. The normalized spacial score (nSPS) is 14.1. The van der Waals surface area contributed by atoms with Crippen molar-refractivity contribution in [3.63, 3.8) is 0 Å². The molecule has 0 saturated heterocycles. The summed E-state index contributed by atoms with van der Waals surface area (Å²) < 4.78 is 0. The third-order valence-electron chi connectivity index (χ3n) is 3.00. The van der Waals surface area contributed by atoms with E-state index < -0.39 is 5.60 Å². The molecule has 0 saturated carbocycles. The molecular formula is C15H24N2O3. The lowest BCUT2D eigenvalue weighted by Crippen LogP contribution is -2.47. The van der Waals surface area contributed by atoms with Gasteiger partial charge in [-0.3, -0.25) is 4.79 Å². The summed E-state index contributed by atoms with van der Waals surface area (Å²) in [5.41, 5.74) is 0.204. The Kier molecular flexibility index (Phi) is 5.53. The van der Waals surface area contributed by atoms with Gasteiger partial charge in [-0.2, -0.15) is 0 Å². The van der Waals surface area contributed by atoms with Crippen molar-refractivity contribution in [2.45, 2.75) is 25.9 Å². The maximum Gasteiger partial charge on any atom is 0.255 e. The van der Waals surface area contributed by atoms with Crippen LogP contribution in [0.4, 0.5) is 0 Å². The summed E-state index contributed by atoms with van der Waals surface area (Å²) in [5, 5.41) is 22.5. The number of nitrogens with zero attached hydrogens (tertiary/aromatic N) is 1. The predicted molar refractivity (Wildman–Crippen MR) is 79.0 cm³/mol. The van der Waals surface area contributed by atoms with E-state index in [-0.39, 0.29) is 23.8 Å². The third-order valence-corrected chi connectivity index (χ3v) is 3.00. The molecule has 0 fully saturated rings. The van der Waals surface area contributed by atoms with Crippen molar-refractivity contribution in [1.29, 1.82) is 0 Å². The molecule has 0 aliphatic heterocycles. The first kappa shape index (κ1) is 16.5. The van der Waals surface area contributed by atoms with Gasteiger partial charge in [0.05, 0.1) is 11.2 Å². The third kappa shape index (κ3) is 4.83. The molecule has 1 unspecified atom stereocenters. The number of carbonyl (C=O) groups is 1. The van der Waals surface area contributed by atoms with Crippen LogP contribution in [0.3, 0.4) is 0 Å². The van der Waals surface area contributed by atoms with Crippen LogP contribution in [0.5, 0.6) is 5.75 Å². The number of phenolic OH excluding ortho intramolecular Hbond substituents is 1. The van der Waals surface area contributed by atoms with Crippen LogP contribution in [0.15, 0.2) is 18.2 Å². The number of rotatable bonds is 6. The second-order valence-electron chi connectivity index (χ2n) is 5.62. The molecule has 0 aromatic heterocycles. The number of benzene rings is 1. The number of aromatic hydroxyl groups is 1. The zero-order chi connectivity index (χ0) is 15.3. The van der Waals surface area contributed by atoms with Gasteiger partial charge in [-0.15, -0.1) is 0 Å². The molecule has 112 valence electrons. The van der Waals surface area contributed by atoms with E-state index in [2.05, 4.69) is 5.32 Å². The monoisotopic (exact) mass is 280 g/mol. The van der Waals surface area contributed by atoms with Crippen LogP contribution >= 0.6 is 0 Å². The molecule has 0 radical (unpaired) electrons. The van der Waals surface area contributed by atoms with Crippen molar-refractivity contribution < 1.29 is 15.0 Å². The number of aryl methyl sites for hydroxylation is 1. The van der Waals surface area contributed by atoms with E-state index in [9.17, 15) is 15.0 Å². The Morgan fingerprint density at radius 1 is 1.40 bits per heavy atom. The molecule has 0 bridgehead atoms. The first-order valence-corrected chi connectivity index (χ1v) is 6.72. The minimum Gasteiger partial charge on any atom is -0.507 e. The molecule has 1 amide bonds. The average Bonchev–Trinajstić information content (AvgIpc) is 2.35. The van der Waals surface area contributed by atoms with Gasteiger partial charge in [-0.05, 0) is 45.1 Å². The largest absolute Gasteiger partial charge is 0.507 e. The van der Waals surface area contributed by atoms with Crippen LogP contribution in [0, 0.1) is 0 Å². The summed E-state index contributed by atoms with van der Waals surface area (Å²) in [6.45, 7) is 4.21. The zero-order valence-corrected chi connectivity index (χ0v) is 12.6. The Labute approximate surface area is 120 Å². The molecule has 1 atom stereocenters. The highest BCUT2D eigenvalue weighted by Crippen LogP contribution is 2.19. The number of amides is 1. The Morgan fingerprint density at radius 3 is 2.60 bits per heavy atom. The highest BCUT2D eigenvalue weighted by Gasteiger charge is 2.23. The summed E-state index contributed by atoms with van der Waals surface area (Å²) in [6.07, 6.45) is 0.791. The van der Waals surface area contributed by atoms with Crippen LogP contribution < -0.4 is 5.32 Å². The van der Waals surface area contributed by atoms with E-state index in [0.717, 1.165) is 12.0 Å². The van der Waals surface area contributed by atoms with E-state index in [1.54, 1.807) is 19.1 Å². The summed E-state index contributed by atoms with van der Waals surface area (Å²) >= 11 is 0. The Hall–Kier alpha value is -1.59. The van der Waals surface area contributed by atoms with Crippen molar-refractivity contribution in [2.24, 2.45) is 0 Å². The average molecular weight is 280 g/mol. The maximum absolute atomic E-state index is 12.1. The smallest absolute Gasteiger partial charge is 0.255 e. The number of hydrogen-bond acceptors (Lipinski definition) is 4. The van der Waals surface area contributed by atoms with Crippen LogP contribution in [-0.4, -0.2) is 53.8 Å². The minimum absolute atomic E-state index is 0.0491. The van der Waals surface area contributed by atoms with Crippen LogP contribution in [-0.2, 0) is 6.42 Å². The summed E-state index contributed by atoms with van der Waals surface area (Å²) in [5.74, 6) is -0.427. The molecule has 1 rings (SSSR count). The van der Waals surface area contributed by atoms with Gasteiger partial charge >= 0.3 is 0 Å². The molecule has 0 aliphatic carbocycles. The SMILES string of the molecule is CCc1ccc(O)c(C(=O)NCC(C)(O)CN(C)C)c1. The van der Waals surface area contributed by atoms with Crippen molar-refractivity contribution in [1.82, 2.24) is 10.2 Å². The molecule has 1 aromatic carbocycles. The van der Waals surface area contributed by atoms with Gasteiger partial charge in [0, 0.05) is 13.1 Å². The Morgan fingerprint density at radius 2 is 2.05 bits per heavy atom. The number of aliphatic hydroxyl groups is 1. The quantitative estimate of drug-likeness (QED) is 0.727. The number of nitrogens with one attached hydrogen (secondary N) is 1. The lowest BCUT2D eigenvalue weighted by atomic mass is 10.1. The zero-order valence-electron chi connectivity index (χ0n) is 12.6. The van der Waals surface area contributed by atoms with Crippen molar-refractivity contribution >= 4 is 5.91 Å². The van der Waals surface area contributed by atoms with E-state index in [1.807, 2.05) is 25.9 Å². The fraction of sp³-hybridized carbons (Fsp3) is 0.533. The van der Waals surface area contributed by atoms with E-state index in [0.29, 0.717) is 6.54 Å². The van der Waals surface area contributed by atoms with Gasteiger partial charge in [-0.1, -0.05) is 13.0 Å². The Balaban J connectivity index is 2.72. The van der Waals surface area contributed by atoms with E-state index in [1.165, 1.54) is 6.07 Å². The van der Waals surface area contributed by atoms with Crippen molar-refractivity contribution in [3.8, 4) is 5.75 Å². The summed E-state index contributed by atoms with van der Waals surface area (Å²) in [7, 11) is 3.71. The summed E-state index contributed by atoms with van der Waals surface area (Å²) in [4.78, 5) is 13.9. The van der Waals surface area contributed by atoms with Crippen molar-refractivity contribution in [2.75, 3.05) is 27.2 Å². The van der Waals surface area contributed by atoms with Crippen LogP contribution in [0.25, 0.3) is 0 Å². The van der Waals surface area contributed by atoms with Gasteiger partial charge in [0.25, 0.3) is 5.91 Å². The topological polar surface area (TPSA) is 72.8 Å².